The van der Waals surface area contributed by atoms with Crippen LogP contribution >= 0.6 is 19.3 Å². The van der Waals surface area contributed by atoms with Crippen LogP contribution in [0.2, 0.25) is 0 Å². The van der Waals surface area contributed by atoms with Gasteiger partial charge in [0.25, 0.3) is 5.91 Å². The van der Waals surface area contributed by atoms with Crippen molar-refractivity contribution in [3.63, 3.8) is 0 Å². The number of benzene rings is 2. The smallest absolute Gasteiger partial charge is 0.254 e. The number of hydrogen-bond donors (Lipinski definition) is 2. The Hall–Kier alpha value is -3.42. The number of amides is 2. The summed E-state index contributed by atoms with van der Waals surface area (Å²) in [6.07, 6.45) is 1.37. The molecule has 168 valence electrons. The summed E-state index contributed by atoms with van der Waals surface area (Å²) in [4.78, 5) is 32.4. The average molecular weight is 482 g/mol. The zero-order valence-electron chi connectivity index (χ0n) is 17.8. The molecule has 4 aromatic rings. The molecule has 0 aliphatic rings. The molecule has 0 aliphatic heterocycles. The van der Waals surface area contributed by atoms with Crippen molar-refractivity contribution < 1.29 is 18.7 Å². The zero-order valence-corrected chi connectivity index (χ0v) is 19.5. The lowest BCUT2D eigenvalue weighted by Gasteiger charge is -2.09. The number of carbonyl (C=O) groups excluding carboxylic acids is 2. The maximum Gasteiger partial charge on any atom is 0.254 e. The van der Waals surface area contributed by atoms with Crippen LogP contribution in [0.4, 0.5) is 9.52 Å². The van der Waals surface area contributed by atoms with Crippen molar-refractivity contribution >= 4 is 51.7 Å². The molecule has 2 aromatic carbocycles. The van der Waals surface area contributed by atoms with Crippen LogP contribution < -0.4 is 21.1 Å². The van der Waals surface area contributed by atoms with E-state index in [-0.39, 0.29) is 37.4 Å². The lowest BCUT2D eigenvalue weighted by molar-refractivity contribution is -0.115. The SMILES string of the molecule is CP(C)c1ccc2sc(NC(=O)Cc3ccc(Oc4ncccc4C(N)=O)c(F)c3)nc2c1. The van der Waals surface area contributed by atoms with Crippen molar-refractivity contribution in [1.29, 1.82) is 0 Å². The van der Waals surface area contributed by atoms with E-state index in [0.717, 1.165) is 10.2 Å². The van der Waals surface area contributed by atoms with E-state index >= 15 is 0 Å². The number of nitrogens with one attached hydrogen (secondary N) is 1. The van der Waals surface area contributed by atoms with Gasteiger partial charge in [0, 0.05) is 6.20 Å². The molecule has 0 atom stereocenters. The maximum atomic E-state index is 14.6. The predicted molar refractivity (Wildman–Crippen MR) is 130 cm³/mol. The molecule has 0 spiro atoms. The number of nitrogens with zero attached hydrogens (tertiary/aromatic N) is 2. The second-order valence-electron chi connectivity index (χ2n) is 7.38. The second-order valence-corrected chi connectivity index (χ2v) is 10.7. The molecule has 0 bridgehead atoms. The molecule has 3 N–H and O–H groups in total. The summed E-state index contributed by atoms with van der Waals surface area (Å²) in [5.74, 6) is -1.95. The van der Waals surface area contributed by atoms with Crippen LogP contribution in [0.15, 0.2) is 54.7 Å². The minimum Gasteiger partial charge on any atom is -0.435 e. The number of aromatic nitrogens is 2. The predicted octanol–water partition coefficient (Wildman–Crippen LogP) is 4.27. The molecule has 0 saturated heterocycles. The molecule has 7 nitrogen and oxygen atoms in total. The lowest BCUT2D eigenvalue weighted by Crippen LogP contribution is -2.14. The number of primary amides is 1. The van der Waals surface area contributed by atoms with Gasteiger partial charge in [-0.05, 0) is 60.6 Å². The highest BCUT2D eigenvalue weighted by Crippen LogP contribution is 2.30. The Kier molecular flexibility index (Phi) is 6.62. The largest absolute Gasteiger partial charge is 0.435 e. The second kappa shape index (κ2) is 9.60. The van der Waals surface area contributed by atoms with E-state index in [0.29, 0.717) is 10.7 Å². The number of ether oxygens (including phenoxy) is 1. The molecule has 2 aromatic heterocycles. The Morgan fingerprint density at radius 1 is 1.18 bits per heavy atom. The molecule has 0 saturated carbocycles. The van der Waals surface area contributed by atoms with E-state index in [1.807, 2.05) is 12.1 Å². The van der Waals surface area contributed by atoms with E-state index in [1.165, 1.54) is 47.1 Å². The highest BCUT2D eigenvalue weighted by atomic mass is 32.1. The molecule has 2 heterocycles. The summed E-state index contributed by atoms with van der Waals surface area (Å²) >= 11 is 1.39. The molecule has 0 radical (unpaired) electrons. The van der Waals surface area contributed by atoms with Crippen LogP contribution in [-0.2, 0) is 11.2 Å². The van der Waals surface area contributed by atoms with Gasteiger partial charge in [-0.3, -0.25) is 9.59 Å². The molecular formula is C23H20FN4O3PS. The van der Waals surface area contributed by atoms with E-state index < -0.39 is 11.7 Å². The third-order valence-corrected chi connectivity index (χ3v) is 7.00. The van der Waals surface area contributed by atoms with Crippen LogP contribution in [0.25, 0.3) is 10.2 Å². The summed E-state index contributed by atoms with van der Waals surface area (Å²) in [5.41, 5.74) is 6.64. The average Bonchev–Trinajstić information content (AvgIpc) is 3.17. The van der Waals surface area contributed by atoms with E-state index in [1.54, 1.807) is 6.07 Å². The maximum absolute atomic E-state index is 14.6. The van der Waals surface area contributed by atoms with Gasteiger partial charge in [0.05, 0.1) is 16.6 Å². The van der Waals surface area contributed by atoms with Gasteiger partial charge in [-0.2, -0.15) is 0 Å². The fourth-order valence-electron chi connectivity index (χ4n) is 3.10. The van der Waals surface area contributed by atoms with Gasteiger partial charge in [0.15, 0.2) is 16.7 Å². The minimum absolute atomic E-state index is 0.0380. The Morgan fingerprint density at radius 2 is 2.00 bits per heavy atom. The Labute approximate surface area is 194 Å². The molecule has 10 heteroatoms. The monoisotopic (exact) mass is 482 g/mol. The number of carbonyl (C=O) groups is 2. The quantitative estimate of drug-likeness (QED) is 0.383. The first-order chi connectivity index (χ1) is 15.8. The highest BCUT2D eigenvalue weighted by molar-refractivity contribution is 7.64. The Morgan fingerprint density at radius 3 is 2.73 bits per heavy atom. The normalized spacial score (nSPS) is 11.0. The fourth-order valence-corrected chi connectivity index (χ4v) is 4.71. The van der Waals surface area contributed by atoms with E-state index in [2.05, 4.69) is 34.7 Å². The van der Waals surface area contributed by atoms with Crippen molar-refractivity contribution in [1.82, 2.24) is 9.97 Å². The number of anilines is 1. The summed E-state index contributed by atoms with van der Waals surface area (Å²) in [5, 5.41) is 4.52. The van der Waals surface area contributed by atoms with Crippen molar-refractivity contribution in [2.75, 3.05) is 18.6 Å². The van der Waals surface area contributed by atoms with E-state index in [4.69, 9.17) is 10.5 Å². The van der Waals surface area contributed by atoms with Gasteiger partial charge in [0.2, 0.25) is 11.8 Å². The number of halogens is 1. The summed E-state index contributed by atoms with van der Waals surface area (Å²) < 4.78 is 21.0. The summed E-state index contributed by atoms with van der Waals surface area (Å²) in [6.45, 7) is 4.35. The molecule has 2 amide bonds. The Balaban J connectivity index is 1.44. The topological polar surface area (TPSA) is 107 Å². The number of thiazole rings is 1. The third-order valence-electron chi connectivity index (χ3n) is 4.74. The van der Waals surface area contributed by atoms with Crippen molar-refractivity contribution in [2.45, 2.75) is 6.42 Å². The first-order valence-corrected chi connectivity index (χ1v) is 12.9. The van der Waals surface area contributed by atoms with Crippen LogP contribution in [0, 0.1) is 5.82 Å². The lowest BCUT2D eigenvalue weighted by atomic mass is 10.1. The molecule has 33 heavy (non-hydrogen) atoms. The molecule has 0 aliphatic carbocycles. The first kappa shape index (κ1) is 22.8. The van der Waals surface area contributed by atoms with Gasteiger partial charge in [-0.15, -0.1) is 0 Å². The first-order valence-electron chi connectivity index (χ1n) is 9.89. The number of rotatable bonds is 7. The molecular weight excluding hydrogens is 462 g/mol. The van der Waals surface area contributed by atoms with Crippen molar-refractivity contribution in [2.24, 2.45) is 5.73 Å². The minimum atomic E-state index is -0.733. The van der Waals surface area contributed by atoms with Crippen molar-refractivity contribution in [3.05, 3.63) is 71.7 Å². The van der Waals surface area contributed by atoms with Gasteiger partial charge >= 0.3 is 0 Å². The van der Waals surface area contributed by atoms with Crippen LogP contribution in [0.3, 0.4) is 0 Å². The standard InChI is InChI=1S/C23H20FN4O3PS/c1-32(2)14-6-8-19-17(12-14)27-23(33-19)28-20(29)11-13-5-7-18(16(24)10-13)31-22-15(21(25)30)4-3-9-26-22/h3-10,12H,11H2,1-2H3,(H2,25,30)(H,27,28,29). The molecule has 0 unspecified atom stereocenters. The van der Waals surface area contributed by atoms with Crippen LogP contribution in [0.5, 0.6) is 11.6 Å². The number of fused-ring (bicyclic) bond motifs is 1. The molecule has 4 rings (SSSR count). The number of pyridine rings is 1. The van der Waals surface area contributed by atoms with Gasteiger partial charge in [0.1, 0.15) is 5.56 Å². The zero-order chi connectivity index (χ0) is 23.5. The van der Waals surface area contributed by atoms with Crippen LogP contribution in [0.1, 0.15) is 15.9 Å². The van der Waals surface area contributed by atoms with E-state index in [9.17, 15) is 14.0 Å². The third kappa shape index (κ3) is 5.32. The van der Waals surface area contributed by atoms with Gasteiger partial charge < -0.3 is 15.8 Å². The number of hydrogen-bond acceptors (Lipinski definition) is 6. The summed E-state index contributed by atoms with van der Waals surface area (Å²) in [6, 6.07) is 13.3. The van der Waals surface area contributed by atoms with Gasteiger partial charge in [-0.1, -0.05) is 31.4 Å². The fraction of sp³-hybridized carbons (Fsp3) is 0.130. The Bertz CT molecular complexity index is 1360. The van der Waals surface area contributed by atoms with Crippen LogP contribution in [-0.4, -0.2) is 35.1 Å². The number of nitrogens with two attached hydrogens (primary N) is 1. The van der Waals surface area contributed by atoms with Gasteiger partial charge in [-0.25, -0.2) is 14.4 Å². The molecule has 0 fully saturated rings. The highest BCUT2D eigenvalue weighted by Gasteiger charge is 2.15. The van der Waals surface area contributed by atoms with Crippen molar-refractivity contribution in [3.8, 4) is 11.6 Å². The summed E-state index contributed by atoms with van der Waals surface area (Å²) in [7, 11) is -0.233.